The first-order chi connectivity index (χ1) is 22.6. The van der Waals surface area contributed by atoms with Gasteiger partial charge in [0.15, 0.2) is 0 Å². The first kappa shape index (κ1) is 33.7. The van der Waals surface area contributed by atoms with Gasteiger partial charge in [0.1, 0.15) is 11.2 Å². The molecule has 6 rings (SSSR count). The van der Waals surface area contributed by atoms with Crippen molar-refractivity contribution in [2.24, 2.45) is 5.41 Å². The Labute approximate surface area is 282 Å². The molecule has 47 heavy (non-hydrogen) atoms. The number of pyridine rings is 1. The van der Waals surface area contributed by atoms with Gasteiger partial charge in [-0.3, -0.25) is 14.1 Å². The number of rotatable bonds is 9. The van der Waals surface area contributed by atoms with Crippen molar-refractivity contribution in [1.29, 1.82) is 0 Å². The number of carbonyl (C=O) groups excluding carboxylic acids is 1. The Morgan fingerprint density at radius 2 is 1.79 bits per heavy atom. The molecule has 1 aromatic carbocycles. The lowest BCUT2D eigenvalue weighted by Gasteiger charge is -2.45. The van der Waals surface area contributed by atoms with E-state index < -0.39 is 5.60 Å². The lowest BCUT2D eigenvalue weighted by atomic mass is 9.67. The summed E-state index contributed by atoms with van der Waals surface area (Å²) in [6.07, 6.45) is 12.9. The van der Waals surface area contributed by atoms with Crippen LogP contribution < -0.4 is 15.6 Å². The highest BCUT2D eigenvalue weighted by Gasteiger charge is 2.40. The molecule has 1 spiro atoms. The average molecular weight is 663 g/mol. The molecule has 3 aromatic rings. The van der Waals surface area contributed by atoms with E-state index in [4.69, 9.17) is 14.5 Å². The van der Waals surface area contributed by atoms with E-state index in [0.717, 1.165) is 92.5 Å². The summed E-state index contributed by atoms with van der Waals surface area (Å²) in [4.78, 5) is 37.5. The van der Waals surface area contributed by atoms with E-state index in [0.29, 0.717) is 29.7 Å². The van der Waals surface area contributed by atoms with Crippen LogP contribution in [0.3, 0.4) is 0 Å². The van der Waals surface area contributed by atoms with Crippen LogP contribution in [-0.2, 0) is 9.47 Å². The van der Waals surface area contributed by atoms with Crippen molar-refractivity contribution in [3.05, 3.63) is 52.4 Å². The molecule has 3 aliphatic rings. The van der Waals surface area contributed by atoms with Gasteiger partial charge in [-0.15, -0.1) is 0 Å². The lowest BCUT2D eigenvalue weighted by Crippen LogP contribution is -2.46. The highest BCUT2D eigenvalue weighted by atomic mass is 32.2. The number of ether oxygens (including phenoxy) is 2. The molecule has 3 heterocycles. The third-order valence-corrected chi connectivity index (χ3v) is 10.9. The second-order valence-electron chi connectivity index (χ2n) is 14.6. The molecule has 2 saturated carbocycles. The number of likely N-dealkylation sites (tertiary alicyclic amines) is 1. The number of piperidine rings is 1. The fourth-order valence-electron chi connectivity index (χ4n) is 7.34. The monoisotopic (exact) mass is 662 g/mol. The second kappa shape index (κ2) is 14.5. The molecule has 2 N–H and O–H groups in total. The number of carbonyl (C=O) groups is 1. The van der Waals surface area contributed by atoms with Crippen LogP contribution in [0.15, 0.2) is 46.2 Å². The van der Waals surface area contributed by atoms with Gasteiger partial charge in [-0.05, 0) is 126 Å². The van der Waals surface area contributed by atoms with Crippen molar-refractivity contribution in [2.75, 3.05) is 31.6 Å². The predicted molar refractivity (Wildman–Crippen MR) is 187 cm³/mol. The van der Waals surface area contributed by atoms with Gasteiger partial charge in [-0.2, -0.15) is 4.98 Å². The van der Waals surface area contributed by atoms with Crippen molar-refractivity contribution < 1.29 is 14.3 Å². The Kier molecular flexibility index (Phi) is 10.4. The number of fused-ring (bicyclic) bond motifs is 1. The summed E-state index contributed by atoms with van der Waals surface area (Å²) in [6.45, 7) is 10.9. The zero-order valence-corrected chi connectivity index (χ0v) is 29.2. The number of nitrogens with one attached hydrogen (secondary N) is 2. The Hall–Kier alpha value is -3.15. The van der Waals surface area contributed by atoms with Crippen LogP contribution >= 0.6 is 11.9 Å². The van der Waals surface area contributed by atoms with E-state index in [-0.39, 0.29) is 17.7 Å². The molecule has 2 aliphatic carbocycles. The number of benzene rings is 1. The fraction of sp³-hybridized carbons (Fsp3) is 0.611. The number of hydrogen-bond donors (Lipinski definition) is 2. The second-order valence-corrected chi connectivity index (χ2v) is 15.6. The molecule has 1 saturated heterocycles. The first-order valence-electron chi connectivity index (χ1n) is 17.3. The largest absolute Gasteiger partial charge is 0.444 e. The fourth-order valence-corrected chi connectivity index (χ4v) is 8.06. The van der Waals surface area contributed by atoms with Gasteiger partial charge in [-0.25, -0.2) is 9.78 Å². The zero-order valence-electron chi connectivity index (χ0n) is 28.3. The van der Waals surface area contributed by atoms with Crippen molar-refractivity contribution in [3.8, 4) is 0 Å². The quantitative estimate of drug-likeness (QED) is 0.177. The third-order valence-electron chi connectivity index (χ3n) is 10.0. The molecule has 0 atom stereocenters. The summed E-state index contributed by atoms with van der Waals surface area (Å²) in [5.74, 6) is 0.494. The van der Waals surface area contributed by atoms with Gasteiger partial charge < -0.3 is 19.7 Å². The van der Waals surface area contributed by atoms with Gasteiger partial charge in [0, 0.05) is 53.9 Å². The van der Waals surface area contributed by atoms with Crippen LogP contribution in [0.1, 0.15) is 96.6 Å². The normalized spacial score (nSPS) is 19.0. The highest BCUT2D eigenvalue weighted by molar-refractivity contribution is 7.97. The summed E-state index contributed by atoms with van der Waals surface area (Å²) in [7, 11) is 0. The summed E-state index contributed by atoms with van der Waals surface area (Å²) in [5, 5.41) is 4.25. The third kappa shape index (κ3) is 8.48. The molecule has 0 radical (unpaired) electrons. The summed E-state index contributed by atoms with van der Waals surface area (Å²) >= 11 is 1.61. The van der Waals surface area contributed by atoms with Crippen molar-refractivity contribution in [3.63, 3.8) is 0 Å². The van der Waals surface area contributed by atoms with E-state index in [1.54, 1.807) is 24.2 Å². The number of nitrogens with zero attached hydrogens (tertiary/aromatic N) is 4. The molecule has 1 amide bonds. The maximum atomic E-state index is 12.8. The summed E-state index contributed by atoms with van der Waals surface area (Å²) in [6, 6.07) is 9.93. The van der Waals surface area contributed by atoms with Crippen LogP contribution in [-0.4, -0.2) is 63.5 Å². The number of hydrogen-bond acceptors (Lipinski definition) is 9. The summed E-state index contributed by atoms with van der Waals surface area (Å²) < 4.78 is 17.1. The lowest BCUT2D eigenvalue weighted by molar-refractivity contribution is -0.0279. The van der Waals surface area contributed by atoms with Crippen LogP contribution in [0.25, 0.3) is 11.0 Å². The van der Waals surface area contributed by atoms with Crippen LogP contribution in [0.5, 0.6) is 0 Å². The number of anilines is 2. The molecule has 0 bridgehead atoms. The van der Waals surface area contributed by atoms with E-state index >= 15 is 0 Å². The van der Waals surface area contributed by atoms with Gasteiger partial charge in [-0.1, -0.05) is 12.8 Å². The molecular weight excluding hydrogens is 613 g/mol. The Morgan fingerprint density at radius 1 is 1.04 bits per heavy atom. The maximum absolute atomic E-state index is 12.8. The van der Waals surface area contributed by atoms with Crippen LogP contribution in [0.4, 0.5) is 16.4 Å². The first-order valence-corrected chi connectivity index (χ1v) is 18.1. The van der Waals surface area contributed by atoms with Crippen molar-refractivity contribution in [2.45, 2.75) is 115 Å². The van der Waals surface area contributed by atoms with E-state index in [1.807, 2.05) is 42.4 Å². The Balaban J connectivity index is 0.924. The number of amides is 1. The minimum Gasteiger partial charge on any atom is -0.444 e. The molecule has 2 aromatic heterocycles. The smallest absolute Gasteiger partial charge is 0.410 e. The summed E-state index contributed by atoms with van der Waals surface area (Å²) in [5.41, 5.74) is 2.63. The molecule has 254 valence electrons. The minimum atomic E-state index is -0.449. The molecule has 11 heteroatoms. The zero-order chi connectivity index (χ0) is 33.0. The van der Waals surface area contributed by atoms with Gasteiger partial charge >= 0.3 is 6.09 Å². The van der Waals surface area contributed by atoms with Gasteiger partial charge in [0.25, 0.3) is 5.56 Å². The number of aryl methyl sites for hydroxylation is 1. The van der Waals surface area contributed by atoms with Crippen LogP contribution in [0, 0.1) is 12.3 Å². The van der Waals surface area contributed by atoms with E-state index in [2.05, 4.69) is 34.1 Å². The van der Waals surface area contributed by atoms with Crippen molar-refractivity contribution in [1.82, 2.24) is 24.2 Å². The predicted octanol–water partition coefficient (Wildman–Crippen LogP) is 7.53. The molecule has 1 aliphatic heterocycles. The SMILES string of the molecule is Cc1cc(SNCCOC2CCC3(CC2)CCN(C(=O)OC(C)(C)C)CC3)ccc1Nc1ncc2ccc(=O)n(C3CCCC3)c2n1. The van der Waals surface area contributed by atoms with Gasteiger partial charge in [0.05, 0.1) is 12.7 Å². The average Bonchev–Trinajstić information content (AvgIpc) is 3.57. The minimum absolute atomic E-state index is 0.00524. The molecule has 0 unspecified atom stereocenters. The molecule has 10 nitrogen and oxygen atoms in total. The molecule has 3 fully saturated rings. The topological polar surface area (TPSA) is 111 Å². The number of aromatic nitrogens is 3. The Bertz CT molecular complexity index is 1600. The van der Waals surface area contributed by atoms with Crippen molar-refractivity contribution >= 4 is 40.7 Å². The standard InChI is InChI=1S/C36H50N6O4S/c1-25-23-29(10-11-30(25)39-33-37-24-26-9-12-31(43)42(32(26)40-33)27-7-5-6-8-27)47-38-19-22-45-28-13-15-36(16-14-28)17-20-41(21-18-36)34(44)46-35(2,3)4/h9-12,23-24,27-28,38H,5-8,13-22H2,1-4H3,(H,37,39,40). The highest BCUT2D eigenvalue weighted by Crippen LogP contribution is 2.45. The maximum Gasteiger partial charge on any atom is 0.410 e. The Morgan fingerprint density at radius 3 is 2.49 bits per heavy atom. The van der Waals surface area contributed by atoms with Gasteiger partial charge in [0.2, 0.25) is 5.95 Å². The van der Waals surface area contributed by atoms with Crippen LogP contribution in [0.2, 0.25) is 0 Å². The van der Waals surface area contributed by atoms with E-state index in [1.165, 1.54) is 12.8 Å². The molecular formula is C36H50N6O4S. The van der Waals surface area contributed by atoms with E-state index in [9.17, 15) is 9.59 Å².